The molecule has 1 aliphatic rings. The molecule has 0 spiro atoms. The lowest BCUT2D eigenvalue weighted by Gasteiger charge is -2.40. The quantitative estimate of drug-likeness (QED) is 0.219. The first-order chi connectivity index (χ1) is 20.0. The number of ether oxygens (including phenoxy) is 4. The van der Waals surface area contributed by atoms with Crippen LogP contribution in [-0.4, -0.2) is 52.5 Å². The molecule has 8 nitrogen and oxygen atoms in total. The zero-order valence-electron chi connectivity index (χ0n) is 21.7. The molecule has 4 aromatic rings. The molecule has 0 N–H and O–H groups in total. The van der Waals surface area contributed by atoms with Crippen LogP contribution in [0, 0.1) is 0 Å². The van der Waals surface area contributed by atoms with Gasteiger partial charge in [0.1, 0.15) is 0 Å². The standard InChI is InChI=1S/C32H26O8S/c33-29(22-13-5-1-6-14-22)38-26-21-37-32(41(36)25-19-11-4-12-20-25)28(40-31(35)24-17-9-3-10-18-24)27(26)39-30(34)23-15-7-2-8-16-23/h1-20,26-28,32H,21H2/t26-,27+,28-,32-,41?/m1/s1. The Morgan fingerprint density at radius 1 is 0.561 bits per heavy atom. The minimum Gasteiger partial charge on any atom is -0.452 e. The van der Waals surface area contributed by atoms with Crippen molar-refractivity contribution in [2.45, 2.75) is 28.6 Å². The van der Waals surface area contributed by atoms with Gasteiger partial charge in [0, 0.05) is 4.90 Å². The molecule has 0 saturated carbocycles. The van der Waals surface area contributed by atoms with Crippen LogP contribution in [0.25, 0.3) is 0 Å². The molecule has 1 saturated heterocycles. The van der Waals surface area contributed by atoms with E-state index in [1.807, 2.05) is 0 Å². The SMILES string of the molecule is O=C(O[C@@H]1[C@@H](OC(=O)c2ccccc2)[C@@H](S(=O)c2ccccc2)OC[C@H]1OC(=O)c1ccccc1)c1ccccc1. The summed E-state index contributed by atoms with van der Waals surface area (Å²) in [6.45, 7) is -0.256. The smallest absolute Gasteiger partial charge is 0.338 e. The molecule has 1 fully saturated rings. The largest absolute Gasteiger partial charge is 0.452 e. The van der Waals surface area contributed by atoms with Crippen molar-refractivity contribution in [3.63, 3.8) is 0 Å². The zero-order chi connectivity index (χ0) is 28.6. The number of carbonyl (C=O) groups is 3. The van der Waals surface area contributed by atoms with Crippen molar-refractivity contribution in [3.8, 4) is 0 Å². The van der Waals surface area contributed by atoms with Crippen molar-refractivity contribution in [3.05, 3.63) is 138 Å². The van der Waals surface area contributed by atoms with Gasteiger partial charge in [-0.15, -0.1) is 0 Å². The number of esters is 3. The molecule has 5 rings (SSSR count). The minimum absolute atomic E-state index is 0.230. The van der Waals surface area contributed by atoms with Crippen LogP contribution in [0.1, 0.15) is 31.1 Å². The number of carbonyl (C=O) groups excluding carboxylic acids is 3. The third kappa shape index (κ3) is 6.77. The molecule has 1 unspecified atom stereocenters. The Balaban J connectivity index is 1.51. The van der Waals surface area contributed by atoms with E-state index in [0.29, 0.717) is 4.90 Å². The summed E-state index contributed by atoms with van der Waals surface area (Å²) in [6, 6.07) is 33.3. The van der Waals surface area contributed by atoms with Gasteiger partial charge in [0.2, 0.25) is 0 Å². The maximum Gasteiger partial charge on any atom is 0.338 e. The molecule has 5 atom stereocenters. The molecule has 1 heterocycles. The van der Waals surface area contributed by atoms with Gasteiger partial charge >= 0.3 is 17.9 Å². The summed E-state index contributed by atoms with van der Waals surface area (Å²) in [5.41, 5.74) is -0.493. The van der Waals surface area contributed by atoms with Crippen molar-refractivity contribution >= 4 is 28.7 Å². The van der Waals surface area contributed by atoms with Crippen molar-refractivity contribution in [2.24, 2.45) is 0 Å². The van der Waals surface area contributed by atoms with Crippen LogP contribution in [0.3, 0.4) is 0 Å². The van der Waals surface area contributed by atoms with Crippen molar-refractivity contribution in [2.75, 3.05) is 6.61 Å². The molecule has 1 aliphatic heterocycles. The predicted molar refractivity (Wildman–Crippen MR) is 150 cm³/mol. The van der Waals surface area contributed by atoms with Crippen LogP contribution < -0.4 is 0 Å². The second kappa shape index (κ2) is 13.2. The second-order valence-electron chi connectivity index (χ2n) is 9.09. The van der Waals surface area contributed by atoms with Crippen LogP contribution in [0.4, 0.5) is 0 Å². The monoisotopic (exact) mass is 570 g/mol. The van der Waals surface area contributed by atoms with E-state index in [1.54, 1.807) is 121 Å². The molecule has 41 heavy (non-hydrogen) atoms. The van der Waals surface area contributed by atoms with Gasteiger partial charge in [0.15, 0.2) is 23.7 Å². The summed E-state index contributed by atoms with van der Waals surface area (Å²) in [7, 11) is -1.85. The van der Waals surface area contributed by atoms with Gasteiger partial charge in [0.05, 0.1) is 34.1 Å². The lowest BCUT2D eigenvalue weighted by Crippen LogP contribution is -2.58. The molecule has 0 amide bonds. The van der Waals surface area contributed by atoms with Gasteiger partial charge in [-0.1, -0.05) is 72.8 Å². The predicted octanol–water partition coefficient (Wildman–Crippen LogP) is 4.83. The van der Waals surface area contributed by atoms with E-state index in [4.69, 9.17) is 18.9 Å². The van der Waals surface area contributed by atoms with E-state index in [9.17, 15) is 18.6 Å². The molecular weight excluding hydrogens is 544 g/mol. The molecule has 0 aromatic heterocycles. The Kier molecular flexibility index (Phi) is 8.98. The van der Waals surface area contributed by atoms with Gasteiger partial charge in [-0.05, 0) is 48.5 Å². The van der Waals surface area contributed by atoms with Gasteiger partial charge < -0.3 is 18.9 Å². The molecule has 208 valence electrons. The highest BCUT2D eigenvalue weighted by Gasteiger charge is 2.50. The molecule has 0 radical (unpaired) electrons. The molecular formula is C32H26O8S. The maximum absolute atomic E-state index is 13.7. The van der Waals surface area contributed by atoms with Crippen molar-refractivity contribution in [1.29, 1.82) is 0 Å². The summed E-state index contributed by atoms with van der Waals surface area (Å²) in [4.78, 5) is 39.9. The third-order valence-corrected chi connectivity index (χ3v) is 7.91. The maximum atomic E-state index is 13.7. The highest BCUT2D eigenvalue weighted by Crippen LogP contribution is 2.30. The van der Waals surface area contributed by atoms with Crippen LogP contribution >= 0.6 is 0 Å². The van der Waals surface area contributed by atoms with Gasteiger partial charge in [-0.2, -0.15) is 0 Å². The van der Waals surface area contributed by atoms with Crippen molar-refractivity contribution in [1.82, 2.24) is 0 Å². The Morgan fingerprint density at radius 2 is 0.951 bits per heavy atom. The lowest BCUT2D eigenvalue weighted by molar-refractivity contribution is -0.168. The van der Waals surface area contributed by atoms with Crippen LogP contribution in [0.2, 0.25) is 0 Å². The van der Waals surface area contributed by atoms with Gasteiger partial charge in [-0.25, -0.2) is 14.4 Å². The number of hydrogen-bond donors (Lipinski definition) is 0. The van der Waals surface area contributed by atoms with Gasteiger partial charge in [0.25, 0.3) is 0 Å². The summed E-state index contributed by atoms with van der Waals surface area (Å²) in [5.74, 6) is -2.16. The lowest BCUT2D eigenvalue weighted by atomic mass is 10.0. The fourth-order valence-corrected chi connectivity index (χ4v) is 5.65. The summed E-state index contributed by atoms with van der Waals surface area (Å²) >= 11 is 0. The molecule has 9 heteroatoms. The first kappa shape index (κ1) is 27.9. The summed E-state index contributed by atoms with van der Waals surface area (Å²) < 4.78 is 37.2. The fraction of sp³-hybridized carbons (Fsp3) is 0.156. The minimum atomic E-state index is -1.85. The molecule has 0 aliphatic carbocycles. The van der Waals surface area contributed by atoms with E-state index < -0.39 is 52.5 Å². The number of benzene rings is 4. The Hall–Kier alpha value is -4.60. The Labute approximate surface area is 239 Å². The number of rotatable bonds is 8. The Bertz CT molecular complexity index is 1500. The summed E-state index contributed by atoms with van der Waals surface area (Å²) in [6.07, 6.45) is -3.90. The highest BCUT2D eigenvalue weighted by molar-refractivity contribution is 7.85. The van der Waals surface area contributed by atoms with E-state index in [-0.39, 0.29) is 23.3 Å². The van der Waals surface area contributed by atoms with E-state index in [1.165, 1.54) is 0 Å². The van der Waals surface area contributed by atoms with E-state index >= 15 is 0 Å². The van der Waals surface area contributed by atoms with Crippen molar-refractivity contribution < 1.29 is 37.5 Å². The van der Waals surface area contributed by atoms with Crippen LogP contribution in [0.5, 0.6) is 0 Å². The fourth-order valence-electron chi connectivity index (χ4n) is 4.30. The first-order valence-electron chi connectivity index (χ1n) is 12.9. The topological polar surface area (TPSA) is 105 Å². The first-order valence-corrected chi connectivity index (χ1v) is 14.1. The summed E-state index contributed by atoms with van der Waals surface area (Å²) in [5, 5.41) is 0. The normalized spacial score (nSPS) is 20.8. The molecule has 0 bridgehead atoms. The zero-order valence-corrected chi connectivity index (χ0v) is 22.6. The second-order valence-corrected chi connectivity index (χ2v) is 10.6. The highest BCUT2D eigenvalue weighted by atomic mass is 32.2. The van der Waals surface area contributed by atoms with Crippen LogP contribution in [-0.2, 0) is 29.7 Å². The van der Waals surface area contributed by atoms with E-state index in [0.717, 1.165) is 0 Å². The van der Waals surface area contributed by atoms with Gasteiger partial charge in [-0.3, -0.25) is 4.21 Å². The number of hydrogen-bond acceptors (Lipinski definition) is 8. The average Bonchev–Trinajstić information content (AvgIpc) is 3.03. The third-order valence-electron chi connectivity index (χ3n) is 6.34. The average molecular weight is 571 g/mol. The Morgan fingerprint density at radius 3 is 1.41 bits per heavy atom. The van der Waals surface area contributed by atoms with E-state index in [2.05, 4.69) is 0 Å². The van der Waals surface area contributed by atoms with Crippen LogP contribution in [0.15, 0.2) is 126 Å². The molecule has 4 aromatic carbocycles.